The van der Waals surface area contributed by atoms with Gasteiger partial charge in [0.05, 0.1) is 0 Å². The third kappa shape index (κ3) is 5.31. The zero-order chi connectivity index (χ0) is 11.8. The summed E-state index contributed by atoms with van der Waals surface area (Å²) in [6, 6.07) is 1.72. The first-order valence-electron chi connectivity index (χ1n) is 7.26. The van der Waals surface area contributed by atoms with E-state index in [1.54, 1.807) is 0 Å². The van der Waals surface area contributed by atoms with Crippen LogP contribution in [0.2, 0.25) is 0 Å². The Balaban J connectivity index is 2.16. The number of rotatable bonds is 10. The molecule has 1 atom stereocenters. The number of hydrogen-bond acceptors (Lipinski definition) is 2. The molecule has 0 saturated heterocycles. The highest BCUT2D eigenvalue weighted by molar-refractivity contribution is 4.87. The molecule has 1 N–H and O–H groups in total. The van der Waals surface area contributed by atoms with Crippen LogP contribution >= 0.6 is 0 Å². The molecule has 0 amide bonds. The van der Waals surface area contributed by atoms with Gasteiger partial charge in [0.25, 0.3) is 0 Å². The van der Waals surface area contributed by atoms with Gasteiger partial charge in [-0.1, -0.05) is 20.3 Å². The molecule has 0 aromatic rings. The second kappa shape index (κ2) is 8.08. The van der Waals surface area contributed by atoms with Gasteiger partial charge in [0.1, 0.15) is 0 Å². The molecule has 0 aromatic carbocycles. The van der Waals surface area contributed by atoms with Crippen LogP contribution in [-0.2, 0) is 0 Å². The molecule has 1 aliphatic carbocycles. The lowest BCUT2D eigenvalue weighted by Crippen LogP contribution is -2.36. The molecule has 1 fully saturated rings. The second-order valence-corrected chi connectivity index (χ2v) is 5.17. The molecular weight excluding hydrogens is 196 g/mol. The summed E-state index contributed by atoms with van der Waals surface area (Å²) in [6.07, 6.45) is 8.27. The summed E-state index contributed by atoms with van der Waals surface area (Å²) in [7, 11) is 0. The summed E-state index contributed by atoms with van der Waals surface area (Å²) in [4.78, 5) is 2.76. The van der Waals surface area contributed by atoms with E-state index in [0.717, 1.165) is 18.6 Å². The van der Waals surface area contributed by atoms with Crippen molar-refractivity contribution in [2.75, 3.05) is 19.6 Å². The number of unbranched alkanes of at least 4 members (excludes halogenated alkanes) is 1. The van der Waals surface area contributed by atoms with Gasteiger partial charge in [-0.05, 0) is 58.7 Å². The van der Waals surface area contributed by atoms with E-state index in [4.69, 9.17) is 0 Å². The Kier molecular flexibility index (Phi) is 7.06. The largest absolute Gasteiger partial charge is 0.317 e. The normalized spacial score (nSPS) is 18.0. The molecule has 1 saturated carbocycles. The second-order valence-electron chi connectivity index (χ2n) is 5.17. The number of nitrogens with zero attached hydrogens (tertiary/aromatic N) is 1. The van der Waals surface area contributed by atoms with Crippen LogP contribution < -0.4 is 5.32 Å². The summed E-state index contributed by atoms with van der Waals surface area (Å²) < 4.78 is 0. The van der Waals surface area contributed by atoms with Gasteiger partial charge in [0.15, 0.2) is 0 Å². The van der Waals surface area contributed by atoms with Gasteiger partial charge in [-0.2, -0.15) is 0 Å². The molecular formula is C14H30N2. The fourth-order valence-corrected chi connectivity index (χ4v) is 2.37. The van der Waals surface area contributed by atoms with Crippen LogP contribution in [0.1, 0.15) is 59.3 Å². The molecule has 1 aliphatic rings. The van der Waals surface area contributed by atoms with Gasteiger partial charge >= 0.3 is 0 Å². The lowest BCUT2D eigenvalue weighted by atomic mass is 10.1. The number of nitrogens with one attached hydrogen (secondary N) is 1. The maximum absolute atomic E-state index is 3.41. The molecule has 0 heterocycles. The summed E-state index contributed by atoms with van der Waals surface area (Å²) in [5, 5.41) is 3.41. The Morgan fingerprint density at radius 2 is 2.00 bits per heavy atom. The minimum atomic E-state index is 0.790. The van der Waals surface area contributed by atoms with Crippen LogP contribution in [0.5, 0.6) is 0 Å². The first kappa shape index (κ1) is 14.0. The Morgan fingerprint density at radius 1 is 1.25 bits per heavy atom. The van der Waals surface area contributed by atoms with Crippen molar-refractivity contribution in [3.05, 3.63) is 0 Å². The fourth-order valence-electron chi connectivity index (χ4n) is 2.37. The molecule has 0 aliphatic heterocycles. The SMILES string of the molecule is CCCCN(C(C)CCCNCC)C1CC1. The maximum Gasteiger partial charge on any atom is 0.00992 e. The highest BCUT2D eigenvalue weighted by Crippen LogP contribution is 2.29. The van der Waals surface area contributed by atoms with Crippen molar-refractivity contribution < 1.29 is 0 Å². The highest BCUT2D eigenvalue weighted by atomic mass is 15.2. The Hall–Kier alpha value is -0.0800. The molecule has 0 spiro atoms. The van der Waals surface area contributed by atoms with E-state index in [1.165, 1.54) is 51.6 Å². The smallest absolute Gasteiger partial charge is 0.00992 e. The topological polar surface area (TPSA) is 15.3 Å². The van der Waals surface area contributed by atoms with E-state index < -0.39 is 0 Å². The third-order valence-electron chi connectivity index (χ3n) is 3.58. The van der Waals surface area contributed by atoms with E-state index in [9.17, 15) is 0 Å². The van der Waals surface area contributed by atoms with Crippen LogP contribution in [0.25, 0.3) is 0 Å². The standard InChI is InChI=1S/C14H30N2/c1-4-6-12-16(14-9-10-14)13(3)8-7-11-15-5-2/h13-15H,4-12H2,1-3H3. The van der Waals surface area contributed by atoms with E-state index in [2.05, 4.69) is 31.0 Å². The lowest BCUT2D eigenvalue weighted by Gasteiger charge is -2.29. The molecule has 2 nitrogen and oxygen atoms in total. The van der Waals surface area contributed by atoms with Crippen molar-refractivity contribution in [2.45, 2.75) is 71.4 Å². The molecule has 1 unspecified atom stereocenters. The molecule has 1 rings (SSSR count). The maximum atomic E-state index is 3.41. The molecule has 0 radical (unpaired) electrons. The Morgan fingerprint density at radius 3 is 2.56 bits per heavy atom. The van der Waals surface area contributed by atoms with Crippen LogP contribution in [0, 0.1) is 0 Å². The summed E-state index contributed by atoms with van der Waals surface area (Å²) >= 11 is 0. The van der Waals surface area contributed by atoms with Gasteiger partial charge in [0.2, 0.25) is 0 Å². The average Bonchev–Trinajstić information content (AvgIpc) is 3.09. The van der Waals surface area contributed by atoms with Crippen molar-refractivity contribution in [2.24, 2.45) is 0 Å². The highest BCUT2D eigenvalue weighted by Gasteiger charge is 2.31. The zero-order valence-corrected chi connectivity index (χ0v) is 11.5. The van der Waals surface area contributed by atoms with Crippen molar-refractivity contribution in [1.29, 1.82) is 0 Å². The summed E-state index contributed by atoms with van der Waals surface area (Å²) in [6.45, 7) is 10.5. The molecule has 0 bridgehead atoms. The van der Waals surface area contributed by atoms with Gasteiger partial charge in [-0.25, -0.2) is 0 Å². The zero-order valence-electron chi connectivity index (χ0n) is 11.5. The molecule has 96 valence electrons. The van der Waals surface area contributed by atoms with E-state index in [0.29, 0.717) is 0 Å². The number of hydrogen-bond donors (Lipinski definition) is 1. The minimum absolute atomic E-state index is 0.790. The quantitative estimate of drug-likeness (QED) is 0.576. The van der Waals surface area contributed by atoms with Crippen molar-refractivity contribution in [3.63, 3.8) is 0 Å². The molecule has 0 aromatic heterocycles. The van der Waals surface area contributed by atoms with Crippen molar-refractivity contribution in [1.82, 2.24) is 10.2 Å². The van der Waals surface area contributed by atoms with Crippen LogP contribution in [-0.4, -0.2) is 36.6 Å². The minimum Gasteiger partial charge on any atom is -0.317 e. The van der Waals surface area contributed by atoms with Crippen LogP contribution in [0.4, 0.5) is 0 Å². The predicted octanol–water partition coefficient (Wildman–Crippen LogP) is 3.03. The molecule has 2 heteroatoms. The Labute approximate surface area is 102 Å². The molecule has 16 heavy (non-hydrogen) atoms. The lowest BCUT2D eigenvalue weighted by molar-refractivity contribution is 0.184. The van der Waals surface area contributed by atoms with Crippen molar-refractivity contribution in [3.8, 4) is 0 Å². The monoisotopic (exact) mass is 226 g/mol. The van der Waals surface area contributed by atoms with Gasteiger partial charge in [0, 0.05) is 12.1 Å². The van der Waals surface area contributed by atoms with E-state index >= 15 is 0 Å². The van der Waals surface area contributed by atoms with Crippen molar-refractivity contribution >= 4 is 0 Å². The van der Waals surface area contributed by atoms with E-state index in [-0.39, 0.29) is 0 Å². The van der Waals surface area contributed by atoms with Gasteiger partial charge < -0.3 is 5.32 Å². The first-order chi connectivity index (χ1) is 7.79. The fraction of sp³-hybridized carbons (Fsp3) is 1.00. The Bertz CT molecular complexity index is 166. The predicted molar refractivity (Wildman–Crippen MR) is 71.9 cm³/mol. The van der Waals surface area contributed by atoms with Gasteiger partial charge in [-0.15, -0.1) is 0 Å². The summed E-state index contributed by atoms with van der Waals surface area (Å²) in [5.41, 5.74) is 0. The first-order valence-corrected chi connectivity index (χ1v) is 7.26. The summed E-state index contributed by atoms with van der Waals surface area (Å²) in [5.74, 6) is 0. The average molecular weight is 226 g/mol. The third-order valence-corrected chi connectivity index (χ3v) is 3.58. The van der Waals surface area contributed by atoms with E-state index in [1.807, 2.05) is 0 Å². The van der Waals surface area contributed by atoms with Crippen LogP contribution in [0.15, 0.2) is 0 Å². The van der Waals surface area contributed by atoms with Gasteiger partial charge in [-0.3, -0.25) is 4.90 Å². The van der Waals surface area contributed by atoms with Crippen LogP contribution in [0.3, 0.4) is 0 Å².